The molecule has 0 saturated carbocycles. The van der Waals surface area contributed by atoms with E-state index in [9.17, 15) is 4.79 Å². The molecule has 0 N–H and O–H groups in total. The van der Waals surface area contributed by atoms with Crippen molar-refractivity contribution in [2.45, 2.75) is 41.0 Å². The second-order valence-electron chi connectivity index (χ2n) is 11.3. The van der Waals surface area contributed by atoms with Crippen molar-refractivity contribution in [2.75, 3.05) is 25.1 Å². The molecular formula is C32H37N5O2. The van der Waals surface area contributed by atoms with E-state index in [0.717, 1.165) is 29.0 Å². The zero-order valence-electron chi connectivity index (χ0n) is 23.7. The van der Waals surface area contributed by atoms with Gasteiger partial charge in [-0.2, -0.15) is 20.5 Å². The lowest BCUT2D eigenvalue weighted by Crippen LogP contribution is -2.33. The molecule has 3 aromatic rings. The van der Waals surface area contributed by atoms with E-state index in [4.69, 9.17) is 11.2 Å². The van der Waals surface area contributed by atoms with Crippen LogP contribution < -0.4 is 4.90 Å². The molecule has 202 valence electrons. The Labute approximate surface area is 232 Å². The summed E-state index contributed by atoms with van der Waals surface area (Å²) in [5.74, 6) is 2.42. The number of nitrogens with zero attached hydrogens (tertiary/aromatic N) is 5. The van der Waals surface area contributed by atoms with Crippen molar-refractivity contribution in [3.8, 4) is 12.3 Å². The van der Waals surface area contributed by atoms with Crippen molar-refractivity contribution < 1.29 is 9.53 Å². The Balaban J connectivity index is 1.49. The summed E-state index contributed by atoms with van der Waals surface area (Å²) in [5, 5.41) is 17.1. The number of azo groups is 2. The summed E-state index contributed by atoms with van der Waals surface area (Å²) in [6.45, 7) is 11.2. The Hall–Kier alpha value is -4.31. The third kappa shape index (κ3) is 9.50. The van der Waals surface area contributed by atoms with Crippen LogP contribution in [-0.4, -0.2) is 26.2 Å². The number of carbonyl (C=O) groups excluding carboxylic acids is 1. The molecule has 0 unspecified atom stereocenters. The van der Waals surface area contributed by atoms with Gasteiger partial charge in [-0.05, 0) is 98.5 Å². The monoisotopic (exact) mass is 523 g/mol. The molecule has 0 atom stereocenters. The molecule has 7 nitrogen and oxygen atoms in total. The van der Waals surface area contributed by atoms with E-state index in [1.165, 1.54) is 0 Å². The molecule has 39 heavy (non-hydrogen) atoms. The molecule has 3 rings (SSSR count). The number of benzene rings is 3. The van der Waals surface area contributed by atoms with Crippen LogP contribution in [0.5, 0.6) is 0 Å². The highest BCUT2D eigenvalue weighted by atomic mass is 16.5. The van der Waals surface area contributed by atoms with Crippen LogP contribution in [0, 0.1) is 23.2 Å². The van der Waals surface area contributed by atoms with E-state index in [1.54, 1.807) is 0 Å². The molecular weight excluding hydrogens is 486 g/mol. The van der Waals surface area contributed by atoms with E-state index in [0.29, 0.717) is 24.5 Å². The first-order valence-electron chi connectivity index (χ1n) is 12.9. The first kappa shape index (κ1) is 29.2. The molecule has 0 saturated heterocycles. The lowest BCUT2D eigenvalue weighted by molar-refractivity contribution is -0.155. The van der Waals surface area contributed by atoms with Crippen molar-refractivity contribution in [1.82, 2.24) is 0 Å². The summed E-state index contributed by atoms with van der Waals surface area (Å²) in [6.07, 6.45) is 6.14. The summed E-state index contributed by atoms with van der Waals surface area (Å²) in [4.78, 5) is 14.6. The molecule has 0 fully saturated rings. The number of carbonyl (C=O) groups is 1. The SMILES string of the molecule is C#Cc1ccc(/N=N/c2ccc(/N=N/c3ccc(N(C)CCOC(=O)C(C)(C)CC(C)(C)C)cc3)cc2)cc1. The number of esters is 1. The van der Waals surface area contributed by atoms with Gasteiger partial charge >= 0.3 is 5.97 Å². The Bertz CT molecular complexity index is 1330. The van der Waals surface area contributed by atoms with Crippen LogP contribution in [0.2, 0.25) is 0 Å². The second kappa shape index (κ2) is 13.0. The number of terminal acetylenes is 1. The van der Waals surface area contributed by atoms with Gasteiger partial charge in [-0.25, -0.2) is 0 Å². The molecule has 0 aliphatic carbocycles. The van der Waals surface area contributed by atoms with Gasteiger partial charge in [0.1, 0.15) is 6.61 Å². The smallest absolute Gasteiger partial charge is 0.311 e. The third-order valence-electron chi connectivity index (χ3n) is 5.92. The van der Waals surface area contributed by atoms with Crippen molar-refractivity contribution in [3.63, 3.8) is 0 Å². The molecule has 0 amide bonds. The number of hydrogen-bond donors (Lipinski definition) is 0. The van der Waals surface area contributed by atoms with Gasteiger partial charge in [-0.15, -0.1) is 6.42 Å². The number of rotatable bonds is 10. The molecule has 0 aliphatic rings. The molecule has 3 aromatic carbocycles. The van der Waals surface area contributed by atoms with E-state index >= 15 is 0 Å². The number of hydrogen-bond acceptors (Lipinski definition) is 7. The van der Waals surface area contributed by atoms with Crippen molar-refractivity contribution in [3.05, 3.63) is 78.4 Å². The highest BCUT2D eigenvalue weighted by Crippen LogP contribution is 2.34. The van der Waals surface area contributed by atoms with Gasteiger partial charge in [0, 0.05) is 18.3 Å². The normalized spacial score (nSPS) is 12.0. The van der Waals surface area contributed by atoms with Crippen LogP contribution in [0.1, 0.15) is 46.6 Å². The van der Waals surface area contributed by atoms with Crippen LogP contribution in [0.15, 0.2) is 93.3 Å². The van der Waals surface area contributed by atoms with E-state index in [2.05, 4.69) is 47.1 Å². The standard InChI is InChI=1S/C32H37N5O2/c1-8-24-9-11-25(12-10-24)33-34-26-13-15-27(16-14-26)35-36-28-17-19-29(20-18-28)37(7)21-22-39-30(38)32(5,6)23-31(2,3)4/h1,9-20H,21-23H2,2-7H3/b34-33+,36-35+. The summed E-state index contributed by atoms with van der Waals surface area (Å²) >= 11 is 0. The molecule has 0 heterocycles. The largest absolute Gasteiger partial charge is 0.463 e. The summed E-state index contributed by atoms with van der Waals surface area (Å²) in [7, 11) is 1.97. The highest BCUT2D eigenvalue weighted by Gasteiger charge is 2.33. The minimum absolute atomic E-state index is 0.0604. The summed E-state index contributed by atoms with van der Waals surface area (Å²) in [5.41, 5.74) is 4.25. The summed E-state index contributed by atoms with van der Waals surface area (Å²) in [6, 6.07) is 22.4. The number of likely N-dealkylation sites (N-methyl/N-ethyl adjacent to an activating group) is 1. The van der Waals surface area contributed by atoms with Gasteiger partial charge in [-0.3, -0.25) is 4.79 Å². The summed E-state index contributed by atoms with van der Waals surface area (Å²) < 4.78 is 5.58. The van der Waals surface area contributed by atoms with Gasteiger partial charge < -0.3 is 9.64 Å². The van der Waals surface area contributed by atoms with E-state index < -0.39 is 5.41 Å². The quantitative estimate of drug-likeness (QED) is 0.151. The zero-order valence-corrected chi connectivity index (χ0v) is 23.7. The van der Waals surface area contributed by atoms with Crippen molar-refractivity contribution in [2.24, 2.45) is 31.3 Å². The van der Waals surface area contributed by atoms with E-state index in [-0.39, 0.29) is 11.4 Å². The fraction of sp³-hybridized carbons (Fsp3) is 0.344. The number of anilines is 1. The first-order chi connectivity index (χ1) is 18.4. The Morgan fingerprint density at radius 3 is 1.59 bits per heavy atom. The van der Waals surface area contributed by atoms with E-state index in [1.807, 2.05) is 98.6 Å². The first-order valence-corrected chi connectivity index (χ1v) is 12.9. The number of ether oxygens (including phenoxy) is 1. The topological polar surface area (TPSA) is 79.0 Å². The average molecular weight is 524 g/mol. The fourth-order valence-corrected chi connectivity index (χ4v) is 4.21. The highest BCUT2D eigenvalue weighted by molar-refractivity contribution is 5.76. The van der Waals surface area contributed by atoms with Gasteiger partial charge in [0.25, 0.3) is 0 Å². The van der Waals surface area contributed by atoms with Crippen LogP contribution >= 0.6 is 0 Å². The Morgan fingerprint density at radius 1 is 0.769 bits per heavy atom. The molecule has 7 heteroatoms. The lowest BCUT2D eigenvalue weighted by atomic mass is 9.76. The maximum absolute atomic E-state index is 12.5. The zero-order chi connectivity index (χ0) is 28.5. The molecule has 0 aromatic heterocycles. The fourth-order valence-electron chi connectivity index (χ4n) is 4.21. The maximum Gasteiger partial charge on any atom is 0.311 e. The predicted octanol–water partition coefficient (Wildman–Crippen LogP) is 8.94. The van der Waals surface area contributed by atoms with Crippen molar-refractivity contribution in [1.29, 1.82) is 0 Å². The Kier molecular flexibility index (Phi) is 9.73. The Morgan fingerprint density at radius 2 is 1.18 bits per heavy atom. The van der Waals surface area contributed by atoms with Gasteiger partial charge in [-0.1, -0.05) is 26.7 Å². The van der Waals surface area contributed by atoms with Gasteiger partial charge in [0.15, 0.2) is 0 Å². The van der Waals surface area contributed by atoms with Crippen LogP contribution in [-0.2, 0) is 9.53 Å². The van der Waals surface area contributed by atoms with Crippen LogP contribution in [0.3, 0.4) is 0 Å². The third-order valence-corrected chi connectivity index (χ3v) is 5.92. The molecule has 0 bridgehead atoms. The predicted molar refractivity (Wildman–Crippen MR) is 158 cm³/mol. The van der Waals surface area contributed by atoms with Gasteiger partial charge in [0.05, 0.1) is 34.7 Å². The minimum Gasteiger partial charge on any atom is -0.463 e. The lowest BCUT2D eigenvalue weighted by Gasteiger charge is -2.30. The van der Waals surface area contributed by atoms with Crippen molar-refractivity contribution >= 4 is 34.4 Å². The van der Waals surface area contributed by atoms with Crippen LogP contribution in [0.25, 0.3) is 0 Å². The minimum atomic E-state index is -0.510. The molecule has 0 spiro atoms. The molecule has 0 aliphatic heterocycles. The average Bonchev–Trinajstić information content (AvgIpc) is 2.90. The molecule has 0 radical (unpaired) electrons. The maximum atomic E-state index is 12.5. The van der Waals surface area contributed by atoms with Crippen LogP contribution in [0.4, 0.5) is 28.4 Å². The second-order valence-corrected chi connectivity index (χ2v) is 11.3. The van der Waals surface area contributed by atoms with Gasteiger partial charge in [0.2, 0.25) is 0 Å².